The van der Waals surface area contributed by atoms with Crippen molar-refractivity contribution in [1.82, 2.24) is 19.8 Å². The zero-order valence-electron chi connectivity index (χ0n) is 15.9. The van der Waals surface area contributed by atoms with Gasteiger partial charge in [-0.2, -0.15) is 0 Å². The lowest BCUT2D eigenvalue weighted by atomic mass is 9.96. The van der Waals surface area contributed by atoms with Crippen molar-refractivity contribution in [3.63, 3.8) is 0 Å². The van der Waals surface area contributed by atoms with Gasteiger partial charge in [-0.15, -0.1) is 11.3 Å². The number of piperidine rings is 1. The standard InChI is InChI=1S/C20H24N4O3S/c1-2-17(25)23-8-3-5-13(11-23)18-21-15-7-9-24(12-14(15)19(26)22-18)20(27)16-6-4-10-28-16/h4,6,10,13H,2-3,5,7-9,11-12H2,1H3,(H,21,22,26)/t13-/m1/s1. The minimum Gasteiger partial charge on any atom is -0.342 e. The number of thiophene rings is 1. The van der Waals surface area contributed by atoms with Gasteiger partial charge < -0.3 is 14.8 Å². The number of likely N-dealkylation sites (tertiary alicyclic amines) is 1. The summed E-state index contributed by atoms with van der Waals surface area (Å²) in [6.45, 7) is 4.11. The smallest absolute Gasteiger partial charge is 0.264 e. The lowest BCUT2D eigenvalue weighted by Crippen LogP contribution is -2.41. The summed E-state index contributed by atoms with van der Waals surface area (Å²) in [5.41, 5.74) is 1.20. The molecule has 1 fully saturated rings. The van der Waals surface area contributed by atoms with Crippen LogP contribution >= 0.6 is 11.3 Å². The van der Waals surface area contributed by atoms with Crippen molar-refractivity contribution in [2.75, 3.05) is 19.6 Å². The van der Waals surface area contributed by atoms with Gasteiger partial charge in [0.2, 0.25) is 5.91 Å². The fraction of sp³-hybridized carbons (Fsp3) is 0.500. The van der Waals surface area contributed by atoms with E-state index >= 15 is 0 Å². The molecule has 1 saturated heterocycles. The third-order valence-electron chi connectivity index (χ3n) is 5.57. The highest BCUT2D eigenvalue weighted by Gasteiger charge is 2.29. The fourth-order valence-electron chi connectivity index (χ4n) is 4.02. The zero-order chi connectivity index (χ0) is 19.7. The van der Waals surface area contributed by atoms with Crippen LogP contribution in [-0.2, 0) is 17.8 Å². The molecule has 7 nitrogen and oxygen atoms in total. The molecule has 2 aliphatic heterocycles. The predicted molar refractivity (Wildman–Crippen MR) is 106 cm³/mol. The van der Waals surface area contributed by atoms with E-state index in [1.54, 1.807) is 11.0 Å². The third-order valence-corrected chi connectivity index (χ3v) is 6.43. The number of H-pyrrole nitrogens is 1. The van der Waals surface area contributed by atoms with E-state index in [-0.39, 0.29) is 23.3 Å². The fourth-order valence-corrected chi connectivity index (χ4v) is 4.71. The first-order chi connectivity index (χ1) is 13.6. The molecule has 0 radical (unpaired) electrons. The molecule has 2 aromatic heterocycles. The number of aromatic nitrogens is 2. The van der Waals surface area contributed by atoms with Gasteiger partial charge in [-0.3, -0.25) is 14.4 Å². The number of nitrogens with zero attached hydrogens (tertiary/aromatic N) is 3. The number of carbonyl (C=O) groups is 2. The average Bonchev–Trinajstić information content (AvgIpc) is 3.27. The largest absolute Gasteiger partial charge is 0.342 e. The lowest BCUT2D eigenvalue weighted by molar-refractivity contribution is -0.132. The number of amides is 2. The van der Waals surface area contributed by atoms with Crippen LogP contribution in [-0.4, -0.2) is 51.2 Å². The molecule has 2 amide bonds. The second kappa shape index (κ2) is 7.87. The molecule has 28 heavy (non-hydrogen) atoms. The van der Waals surface area contributed by atoms with Crippen molar-refractivity contribution in [2.45, 2.75) is 45.1 Å². The molecule has 1 N–H and O–H groups in total. The summed E-state index contributed by atoms with van der Waals surface area (Å²) >= 11 is 1.41. The van der Waals surface area contributed by atoms with E-state index in [1.165, 1.54) is 11.3 Å². The normalized spacial score (nSPS) is 19.4. The monoisotopic (exact) mass is 400 g/mol. The summed E-state index contributed by atoms with van der Waals surface area (Å²) in [6, 6.07) is 3.66. The van der Waals surface area contributed by atoms with Crippen LogP contribution in [0.1, 0.15) is 58.9 Å². The highest BCUT2D eigenvalue weighted by atomic mass is 32.1. The third kappa shape index (κ3) is 3.61. The highest BCUT2D eigenvalue weighted by Crippen LogP contribution is 2.26. The van der Waals surface area contributed by atoms with Gasteiger partial charge in [0.15, 0.2) is 0 Å². The first kappa shape index (κ1) is 18.9. The Morgan fingerprint density at radius 1 is 1.32 bits per heavy atom. The quantitative estimate of drug-likeness (QED) is 0.855. The number of carbonyl (C=O) groups excluding carboxylic acids is 2. The van der Waals surface area contributed by atoms with Crippen molar-refractivity contribution < 1.29 is 9.59 Å². The second-order valence-corrected chi connectivity index (χ2v) is 8.31. The first-order valence-corrected chi connectivity index (χ1v) is 10.7. The Labute approximate surface area is 167 Å². The molecule has 0 spiro atoms. The van der Waals surface area contributed by atoms with Gasteiger partial charge in [-0.1, -0.05) is 13.0 Å². The van der Waals surface area contributed by atoms with Crippen molar-refractivity contribution in [3.05, 3.63) is 49.8 Å². The molecular formula is C20H24N4O3S. The second-order valence-electron chi connectivity index (χ2n) is 7.36. The van der Waals surface area contributed by atoms with Crippen molar-refractivity contribution in [1.29, 1.82) is 0 Å². The average molecular weight is 401 g/mol. The Morgan fingerprint density at radius 2 is 2.18 bits per heavy atom. The molecule has 0 aliphatic carbocycles. The molecule has 0 aromatic carbocycles. The van der Waals surface area contributed by atoms with E-state index in [0.29, 0.717) is 48.7 Å². The number of hydrogen-bond donors (Lipinski definition) is 1. The van der Waals surface area contributed by atoms with Gasteiger partial charge in [0.25, 0.3) is 11.5 Å². The maximum Gasteiger partial charge on any atom is 0.264 e. The van der Waals surface area contributed by atoms with E-state index in [4.69, 9.17) is 4.98 Å². The van der Waals surface area contributed by atoms with Gasteiger partial charge in [0, 0.05) is 38.4 Å². The Bertz CT molecular complexity index is 937. The minimum absolute atomic E-state index is 0.0369. The molecule has 8 heteroatoms. The van der Waals surface area contributed by atoms with Crippen LogP contribution in [0.5, 0.6) is 0 Å². The van der Waals surface area contributed by atoms with Crippen molar-refractivity contribution in [2.24, 2.45) is 0 Å². The number of rotatable bonds is 3. The van der Waals surface area contributed by atoms with Crippen LogP contribution in [0.2, 0.25) is 0 Å². The topological polar surface area (TPSA) is 86.4 Å². The molecule has 0 bridgehead atoms. The highest BCUT2D eigenvalue weighted by molar-refractivity contribution is 7.12. The Kier molecular flexibility index (Phi) is 5.30. The van der Waals surface area contributed by atoms with E-state index in [2.05, 4.69) is 4.98 Å². The van der Waals surface area contributed by atoms with E-state index in [1.807, 2.05) is 23.3 Å². The maximum atomic E-state index is 12.7. The van der Waals surface area contributed by atoms with Gasteiger partial charge in [0.05, 0.1) is 22.7 Å². The minimum atomic E-state index is -0.164. The predicted octanol–water partition coefficient (Wildman–Crippen LogP) is 2.15. The summed E-state index contributed by atoms with van der Waals surface area (Å²) in [5, 5.41) is 1.88. The summed E-state index contributed by atoms with van der Waals surface area (Å²) in [5.74, 6) is 0.848. The molecule has 0 unspecified atom stereocenters. The van der Waals surface area contributed by atoms with Gasteiger partial charge >= 0.3 is 0 Å². The number of nitrogens with one attached hydrogen (secondary N) is 1. The van der Waals surface area contributed by atoms with Crippen LogP contribution in [0.4, 0.5) is 0 Å². The molecule has 4 heterocycles. The molecule has 148 valence electrons. The van der Waals surface area contributed by atoms with Crippen molar-refractivity contribution in [3.8, 4) is 0 Å². The molecule has 2 aliphatic rings. The Morgan fingerprint density at radius 3 is 2.93 bits per heavy atom. The summed E-state index contributed by atoms with van der Waals surface area (Å²) < 4.78 is 0. The van der Waals surface area contributed by atoms with Crippen LogP contribution in [0.3, 0.4) is 0 Å². The molecule has 0 saturated carbocycles. The number of fused-ring (bicyclic) bond motifs is 1. The van der Waals surface area contributed by atoms with Gasteiger partial charge in [-0.25, -0.2) is 4.98 Å². The lowest BCUT2D eigenvalue weighted by Gasteiger charge is -2.33. The van der Waals surface area contributed by atoms with Crippen LogP contribution in [0.25, 0.3) is 0 Å². The van der Waals surface area contributed by atoms with E-state index in [0.717, 1.165) is 25.1 Å². The Hall–Kier alpha value is -2.48. The van der Waals surface area contributed by atoms with Crippen LogP contribution < -0.4 is 5.56 Å². The summed E-state index contributed by atoms with van der Waals surface area (Å²) in [6.07, 6.45) is 2.90. The summed E-state index contributed by atoms with van der Waals surface area (Å²) in [4.78, 5) is 49.3. The summed E-state index contributed by atoms with van der Waals surface area (Å²) in [7, 11) is 0. The number of hydrogen-bond acceptors (Lipinski definition) is 5. The first-order valence-electron chi connectivity index (χ1n) is 9.79. The zero-order valence-corrected chi connectivity index (χ0v) is 16.8. The van der Waals surface area contributed by atoms with E-state index < -0.39 is 0 Å². The van der Waals surface area contributed by atoms with E-state index in [9.17, 15) is 14.4 Å². The molecule has 2 aromatic rings. The van der Waals surface area contributed by atoms with Gasteiger partial charge in [0.1, 0.15) is 5.82 Å². The van der Waals surface area contributed by atoms with Gasteiger partial charge in [-0.05, 0) is 24.3 Å². The SMILES string of the molecule is CCC(=O)N1CCC[C@@H](c2nc3c(c(=O)[nH]2)CN(C(=O)c2cccs2)CC3)C1. The molecular weight excluding hydrogens is 376 g/mol. The van der Waals surface area contributed by atoms with Crippen LogP contribution in [0.15, 0.2) is 22.3 Å². The molecule has 4 rings (SSSR count). The van der Waals surface area contributed by atoms with Crippen LogP contribution in [0, 0.1) is 0 Å². The van der Waals surface area contributed by atoms with Crippen molar-refractivity contribution >= 4 is 23.2 Å². The Balaban J connectivity index is 1.54. The molecule has 1 atom stereocenters. The number of aromatic amines is 1. The maximum absolute atomic E-state index is 12.7.